The summed E-state index contributed by atoms with van der Waals surface area (Å²) in [6, 6.07) is 6.89. The van der Waals surface area contributed by atoms with Gasteiger partial charge in [0, 0.05) is 24.0 Å². The largest absolute Gasteiger partial charge is 0.385 e. The first-order valence-corrected chi connectivity index (χ1v) is 8.88. The van der Waals surface area contributed by atoms with Gasteiger partial charge in [-0.05, 0) is 55.4 Å². The topological polar surface area (TPSA) is 24.1 Å². The highest BCUT2D eigenvalue weighted by atomic mass is 32.2. The van der Waals surface area contributed by atoms with Crippen LogP contribution in [-0.2, 0) is 12.8 Å². The molecule has 1 aromatic rings. The smallest absolute Gasteiger partial charge is 0.0343 e. The number of rotatable bonds is 9. The molecule has 2 N–H and O–H groups in total. The maximum absolute atomic E-state index is 3.56. The Morgan fingerprint density at radius 2 is 1.85 bits per heavy atom. The Kier molecular flexibility index (Phi) is 6.74. The molecule has 0 aromatic heterocycles. The number of hydrogen-bond acceptors (Lipinski definition) is 3. The molecule has 3 heteroatoms. The van der Waals surface area contributed by atoms with Gasteiger partial charge in [-0.1, -0.05) is 38.3 Å². The van der Waals surface area contributed by atoms with E-state index >= 15 is 0 Å². The lowest BCUT2D eigenvalue weighted by molar-refractivity contribution is 0.691. The molecule has 0 heterocycles. The van der Waals surface area contributed by atoms with Crippen molar-refractivity contribution in [3.8, 4) is 0 Å². The van der Waals surface area contributed by atoms with E-state index in [-0.39, 0.29) is 0 Å². The second-order valence-electron chi connectivity index (χ2n) is 5.89. The molecule has 0 atom stereocenters. The van der Waals surface area contributed by atoms with Gasteiger partial charge in [-0.15, -0.1) is 0 Å². The lowest BCUT2D eigenvalue weighted by Gasteiger charge is -2.09. The van der Waals surface area contributed by atoms with Gasteiger partial charge in [-0.2, -0.15) is 0 Å². The molecule has 112 valence electrons. The first-order chi connectivity index (χ1) is 9.75. The first-order valence-electron chi connectivity index (χ1n) is 8.00. The van der Waals surface area contributed by atoms with Crippen molar-refractivity contribution in [3.05, 3.63) is 29.3 Å². The molecule has 0 saturated heterocycles. The minimum Gasteiger partial charge on any atom is -0.385 e. The van der Waals surface area contributed by atoms with Crippen LogP contribution in [0.3, 0.4) is 0 Å². The molecule has 0 bridgehead atoms. The van der Waals surface area contributed by atoms with Crippen LogP contribution >= 0.6 is 11.9 Å². The third kappa shape index (κ3) is 5.37. The molecule has 2 nitrogen and oxygen atoms in total. The number of anilines is 1. The van der Waals surface area contributed by atoms with E-state index in [1.807, 2.05) is 11.9 Å². The highest BCUT2D eigenvalue weighted by Crippen LogP contribution is 2.24. The van der Waals surface area contributed by atoms with Crippen LogP contribution in [0.4, 0.5) is 5.69 Å². The van der Waals surface area contributed by atoms with Gasteiger partial charge in [0.15, 0.2) is 0 Å². The van der Waals surface area contributed by atoms with E-state index < -0.39 is 0 Å². The van der Waals surface area contributed by atoms with Crippen molar-refractivity contribution in [3.63, 3.8) is 0 Å². The molecule has 1 aliphatic rings. The zero-order chi connectivity index (χ0) is 14.2. The molecule has 0 spiro atoms. The van der Waals surface area contributed by atoms with Crippen molar-refractivity contribution in [2.24, 2.45) is 0 Å². The van der Waals surface area contributed by atoms with Gasteiger partial charge in [0.25, 0.3) is 0 Å². The second kappa shape index (κ2) is 8.58. The predicted molar refractivity (Wildman–Crippen MR) is 91.5 cm³/mol. The summed E-state index contributed by atoms with van der Waals surface area (Å²) in [7, 11) is 0. The standard InChI is InChI=1S/C17H28N2S/c1-14(2)20-19-12-5-3-4-11-18-17-10-9-15-7-6-8-16(15)13-17/h9-10,13-14,18-19H,3-8,11-12H2,1-2H3. The summed E-state index contributed by atoms with van der Waals surface area (Å²) in [5.41, 5.74) is 4.42. The van der Waals surface area contributed by atoms with Crippen molar-refractivity contribution in [2.45, 2.75) is 57.6 Å². The van der Waals surface area contributed by atoms with E-state index in [0.29, 0.717) is 5.25 Å². The van der Waals surface area contributed by atoms with Crippen LogP contribution in [0.1, 0.15) is 50.7 Å². The fraction of sp³-hybridized carbons (Fsp3) is 0.647. The van der Waals surface area contributed by atoms with Gasteiger partial charge in [-0.25, -0.2) is 0 Å². The summed E-state index contributed by atoms with van der Waals surface area (Å²) in [5.74, 6) is 0. The van der Waals surface area contributed by atoms with Gasteiger partial charge in [0.05, 0.1) is 0 Å². The third-order valence-electron chi connectivity index (χ3n) is 3.70. The number of unbranched alkanes of at least 4 members (excludes halogenated alkanes) is 2. The van der Waals surface area contributed by atoms with Gasteiger partial charge >= 0.3 is 0 Å². The first kappa shape index (κ1) is 15.7. The molecule has 0 aliphatic heterocycles. The molecule has 1 aromatic carbocycles. The molecule has 1 aliphatic carbocycles. The average molecular weight is 292 g/mol. The predicted octanol–water partition coefficient (Wildman–Crippen LogP) is 4.40. The van der Waals surface area contributed by atoms with Crippen LogP contribution in [0.2, 0.25) is 0 Å². The highest BCUT2D eigenvalue weighted by molar-refractivity contribution is 7.97. The Bertz CT molecular complexity index is 404. The fourth-order valence-electron chi connectivity index (χ4n) is 2.64. The summed E-state index contributed by atoms with van der Waals surface area (Å²) in [4.78, 5) is 0. The van der Waals surface area contributed by atoms with E-state index in [1.165, 1.54) is 44.2 Å². The molecule has 0 fully saturated rings. The lowest BCUT2D eigenvalue weighted by atomic mass is 10.1. The summed E-state index contributed by atoms with van der Waals surface area (Å²) < 4.78 is 3.42. The second-order valence-corrected chi connectivity index (χ2v) is 7.35. The fourth-order valence-corrected chi connectivity index (χ4v) is 3.23. The van der Waals surface area contributed by atoms with Crippen molar-refractivity contribution in [2.75, 3.05) is 18.4 Å². The summed E-state index contributed by atoms with van der Waals surface area (Å²) in [5, 5.41) is 4.24. The zero-order valence-electron chi connectivity index (χ0n) is 12.9. The Balaban J connectivity index is 1.53. The molecular formula is C17H28N2S. The quantitative estimate of drug-likeness (QED) is 0.521. The number of aryl methyl sites for hydroxylation is 2. The van der Waals surface area contributed by atoms with Gasteiger partial charge in [0.2, 0.25) is 0 Å². The monoisotopic (exact) mass is 292 g/mol. The molecule has 0 saturated carbocycles. The summed E-state index contributed by atoms with van der Waals surface area (Å²) in [6.45, 7) is 6.66. The van der Waals surface area contributed by atoms with Crippen molar-refractivity contribution >= 4 is 17.6 Å². The molecule has 2 rings (SSSR count). The van der Waals surface area contributed by atoms with Crippen molar-refractivity contribution in [1.82, 2.24) is 4.72 Å². The zero-order valence-corrected chi connectivity index (χ0v) is 13.7. The number of benzene rings is 1. The van der Waals surface area contributed by atoms with E-state index in [9.17, 15) is 0 Å². The minimum absolute atomic E-state index is 0.677. The maximum Gasteiger partial charge on any atom is 0.0343 e. The Morgan fingerprint density at radius 1 is 1.05 bits per heavy atom. The average Bonchev–Trinajstić information content (AvgIpc) is 2.89. The lowest BCUT2D eigenvalue weighted by Crippen LogP contribution is -2.10. The molecule has 0 amide bonds. The van der Waals surface area contributed by atoms with Crippen molar-refractivity contribution < 1.29 is 0 Å². The normalized spacial score (nSPS) is 13.8. The van der Waals surface area contributed by atoms with Crippen LogP contribution < -0.4 is 10.0 Å². The molecule has 20 heavy (non-hydrogen) atoms. The van der Waals surface area contributed by atoms with Gasteiger partial charge < -0.3 is 5.32 Å². The van der Waals surface area contributed by atoms with E-state index in [2.05, 4.69) is 42.1 Å². The Morgan fingerprint density at radius 3 is 2.70 bits per heavy atom. The van der Waals surface area contributed by atoms with E-state index in [0.717, 1.165) is 13.1 Å². The van der Waals surface area contributed by atoms with E-state index in [4.69, 9.17) is 0 Å². The van der Waals surface area contributed by atoms with Crippen LogP contribution in [0, 0.1) is 0 Å². The van der Waals surface area contributed by atoms with Crippen LogP contribution in [0.25, 0.3) is 0 Å². The molecule has 0 radical (unpaired) electrons. The number of fused-ring (bicyclic) bond motifs is 1. The van der Waals surface area contributed by atoms with Crippen LogP contribution in [-0.4, -0.2) is 18.3 Å². The maximum atomic E-state index is 3.56. The third-order valence-corrected chi connectivity index (χ3v) is 4.54. The van der Waals surface area contributed by atoms with Crippen molar-refractivity contribution in [1.29, 1.82) is 0 Å². The Labute approximate surface area is 128 Å². The van der Waals surface area contributed by atoms with Crippen LogP contribution in [0.15, 0.2) is 18.2 Å². The number of nitrogens with one attached hydrogen (secondary N) is 2. The Hall–Kier alpha value is -0.670. The van der Waals surface area contributed by atoms with Gasteiger partial charge in [-0.3, -0.25) is 4.72 Å². The SMILES string of the molecule is CC(C)SNCCCCCNc1ccc2c(c1)CCC2. The summed E-state index contributed by atoms with van der Waals surface area (Å²) >= 11 is 1.84. The highest BCUT2D eigenvalue weighted by Gasteiger charge is 2.10. The van der Waals surface area contributed by atoms with Crippen LogP contribution in [0.5, 0.6) is 0 Å². The summed E-state index contributed by atoms with van der Waals surface area (Å²) in [6.07, 6.45) is 7.70. The minimum atomic E-state index is 0.677. The number of hydrogen-bond donors (Lipinski definition) is 2. The molecular weight excluding hydrogens is 264 g/mol. The van der Waals surface area contributed by atoms with E-state index in [1.54, 1.807) is 11.1 Å². The molecule has 0 unspecified atom stereocenters. The van der Waals surface area contributed by atoms with Gasteiger partial charge in [0.1, 0.15) is 0 Å².